The quantitative estimate of drug-likeness (QED) is 0.629. The van der Waals surface area contributed by atoms with Gasteiger partial charge in [0.2, 0.25) is 0 Å². The van der Waals surface area contributed by atoms with Gasteiger partial charge in [0.1, 0.15) is 0 Å². The number of hydrogen-bond donors (Lipinski definition) is 2. The van der Waals surface area contributed by atoms with E-state index in [2.05, 4.69) is 24.2 Å². The maximum absolute atomic E-state index is 11.2. The monoisotopic (exact) mass is 214 g/mol. The second-order valence-electron chi connectivity index (χ2n) is 4.32. The number of carbonyl (C=O) groups is 1. The van der Waals surface area contributed by atoms with Gasteiger partial charge < -0.3 is 20.9 Å². The average molecular weight is 214 g/mol. The summed E-state index contributed by atoms with van der Waals surface area (Å²) >= 11 is 0. The Hall–Kier alpha value is -0.810. The Balaban J connectivity index is 2.16. The molecule has 1 rings (SSSR count). The van der Waals surface area contributed by atoms with E-state index in [0.717, 1.165) is 32.7 Å². The lowest BCUT2D eigenvalue weighted by Gasteiger charge is -2.23. The maximum Gasteiger partial charge on any atom is 0.317 e. The van der Waals surface area contributed by atoms with E-state index in [4.69, 9.17) is 5.73 Å². The highest BCUT2D eigenvalue weighted by Crippen LogP contribution is 1.99. The molecule has 15 heavy (non-hydrogen) atoms. The normalized spacial score (nSPS) is 18.4. The molecular formula is C10H22N4O. The van der Waals surface area contributed by atoms with Crippen LogP contribution in [0.5, 0.6) is 0 Å². The first-order valence-electron chi connectivity index (χ1n) is 5.55. The van der Waals surface area contributed by atoms with Gasteiger partial charge in [-0.05, 0) is 19.5 Å². The lowest BCUT2D eigenvalue weighted by atomic mass is 10.2. The Labute approximate surface area is 91.6 Å². The summed E-state index contributed by atoms with van der Waals surface area (Å²) in [6, 6.07) is 0.0651. The van der Waals surface area contributed by atoms with E-state index in [1.165, 1.54) is 0 Å². The fourth-order valence-electron chi connectivity index (χ4n) is 1.71. The largest absolute Gasteiger partial charge is 0.336 e. The minimum atomic E-state index is 0.0651. The van der Waals surface area contributed by atoms with Gasteiger partial charge in [0.05, 0.1) is 0 Å². The average Bonchev–Trinajstić information content (AvgIpc) is 2.61. The smallest absolute Gasteiger partial charge is 0.317 e. The summed E-state index contributed by atoms with van der Waals surface area (Å²) in [6.07, 6.45) is 0. The van der Waals surface area contributed by atoms with Crippen LogP contribution in [0.4, 0.5) is 4.79 Å². The molecule has 1 aliphatic heterocycles. The van der Waals surface area contributed by atoms with Crippen molar-refractivity contribution < 1.29 is 4.79 Å². The van der Waals surface area contributed by atoms with Crippen LogP contribution in [0.3, 0.4) is 0 Å². The first-order valence-corrected chi connectivity index (χ1v) is 5.55. The molecule has 1 heterocycles. The van der Waals surface area contributed by atoms with Crippen LogP contribution < -0.4 is 11.1 Å². The van der Waals surface area contributed by atoms with Crippen LogP contribution in [-0.2, 0) is 0 Å². The Bertz CT molecular complexity index is 210. The van der Waals surface area contributed by atoms with Crippen molar-refractivity contribution in [2.45, 2.75) is 6.92 Å². The van der Waals surface area contributed by atoms with Crippen molar-refractivity contribution in [3.05, 3.63) is 0 Å². The molecule has 5 nitrogen and oxygen atoms in total. The number of nitrogens with two attached hydrogens (primary N) is 1. The fraction of sp³-hybridized carbons (Fsp3) is 0.900. The van der Waals surface area contributed by atoms with Crippen LogP contribution in [0.2, 0.25) is 0 Å². The van der Waals surface area contributed by atoms with Gasteiger partial charge in [-0.15, -0.1) is 0 Å². The summed E-state index contributed by atoms with van der Waals surface area (Å²) in [7, 11) is 2.07. The van der Waals surface area contributed by atoms with Gasteiger partial charge >= 0.3 is 6.03 Å². The van der Waals surface area contributed by atoms with Gasteiger partial charge in [-0.2, -0.15) is 0 Å². The van der Waals surface area contributed by atoms with E-state index in [0.29, 0.717) is 12.5 Å². The maximum atomic E-state index is 11.2. The second kappa shape index (κ2) is 5.92. The topological polar surface area (TPSA) is 61.6 Å². The molecule has 0 spiro atoms. The zero-order chi connectivity index (χ0) is 11.3. The molecule has 1 fully saturated rings. The molecule has 0 aromatic heterocycles. The minimum absolute atomic E-state index is 0.0651. The number of urea groups is 1. The lowest BCUT2D eigenvalue weighted by Crippen LogP contribution is -2.37. The Morgan fingerprint density at radius 2 is 2.40 bits per heavy atom. The summed E-state index contributed by atoms with van der Waals surface area (Å²) < 4.78 is 0. The SMILES string of the molecule is CC(CN)CN(C)CCN1CCNC1=O. The molecule has 0 radical (unpaired) electrons. The van der Waals surface area contributed by atoms with Crippen molar-refractivity contribution in [3.8, 4) is 0 Å². The summed E-state index contributed by atoms with van der Waals surface area (Å²) in [6.45, 7) is 7.18. The van der Waals surface area contributed by atoms with E-state index in [1.54, 1.807) is 0 Å². The molecule has 0 bridgehead atoms. The lowest BCUT2D eigenvalue weighted by molar-refractivity contribution is 0.204. The highest BCUT2D eigenvalue weighted by atomic mass is 16.2. The number of nitrogens with one attached hydrogen (secondary N) is 1. The Morgan fingerprint density at radius 3 is 2.93 bits per heavy atom. The molecule has 0 aliphatic carbocycles. The third-order valence-corrected chi connectivity index (χ3v) is 2.72. The molecule has 88 valence electrons. The standard InChI is InChI=1S/C10H22N4O/c1-9(7-11)8-13(2)5-6-14-4-3-12-10(14)15/h9H,3-8,11H2,1-2H3,(H,12,15). The number of likely N-dealkylation sites (N-methyl/N-ethyl adjacent to an activating group) is 1. The summed E-state index contributed by atoms with van der Waals surface area (Å²) in [5.74, 6) is 0.516. The van der Waals surface area contributed by atoms with Crippen LogP contribution in [0.1, 0.15) is 6.92 Å². The fourth-order valence-corrected chi connectivity index (χ4v) is 1.71. The molecular weight excluding hydrogens is 192 g/mol. The predicted octanol–water partition coefficient (Wildman–Crippen LogP) is -0.462. The third kappa shape index (κ3) is 4.05. The molecule has 1 aliphatic rings. The van der Waals surface area contributed by atoms with Gasteiger partial charge in [0.15, 0.2) is 0 Å². The van der Waals surface area contributed by atoms with Crippen LogP contribution >= 0.6 is 0 Å². The van der Waals surface area contributed by atoms with Gasteiger partial charge in [-0.1, -0.05) is 6.92 Å². The van der Waals surface area contributed by atoms with Gasteiger partial charge in [0.25, 0.3) is 0 Å². The van der Waals surface area contributed by atoms with E-state index < -0.39 is 0 Å². The summed E-state index contributed by atoms with van der Waals surface area (Å²) in [5.41, 5.74) is 5.56. The third-order valence-electron chi connectivity index (χ3n) is 2.72. The number of nitrogens with zero attached hydrogens (tertiary/aromatic N) is 2. The molecule has 0 saturated carbocycles. The van der Waals surface area contributed by atoms with Crippen molar-refractivity contribution >= 4 is 6.03 Å². The summed E-state index contributed by atoms with van der Waals surface area (Å²) in [5, 5.41) is 2.79. The first-order chi connectivity index (χ1) is 7.13. The first kappa shape index (κ1) is 12.3. The van der Waals surface area contributed by atoms with Crippen LogP contribution in [0.15, 0.2) is 0 Å². The minimum Gasteiger partial charge on any atom is -0.336 e. The van der Waals surface area contributed by atoms with Crippen molar-refractivity contribution in [2.24, 2.45) is 11.7 Å². The Morgan fingerprint density at radius 1 is 1.67 bits per heavy atom. The highest BCUT2D eigenvalue weighted by molar-refractivity contribution is 5.76. The summed E-state index contributed by atoms with van der Waals surface area (Å²) in [4.78, 5) is 15.3. The molecule has 5 heteroatoms. The van der Waals surface area contributed by atoms with Crippen molar-refractivity contribution in [3.63, 3.8) is 0 Å². The molecule has 2 amide bonds. The Kier molecular flexibility index (Phi) is 4.84. The van der Waals surface area contributed by atoms with E-state index in [1.807, 2.05) is 4.90 Å². The van der Waals surface area contributed by atoms with E-state index in [9.17, 15) is 4.79 Å². The molecule has 0 aromatic rings. The number of carbonyl (C=O) groups excluding carboxylic acids is 1. The van der Waals surface area contributed by atoms with Gasteiger partial charge in [-0.3, -0.25) is 0 Å². The van der Waals surface area contributed by atoms with Crippen LogP contribution in [-0.4, -0.2) is 62.1 Å². The van der Waals surface area contributed by atoms with Crippen molar-refractivity contribution in [1.29, 1.82) is 0 Å². The number of amides is 2. The molecule has 3 N–H and O–H groups in total. The number of rotatable bonds is 6. The predicted molar refractivity (Wildman–Crippen MR) is 60.7 cm³/mol. The zero-order valence-electron chi connectivity index (χ0n) is 9.70. The molecule has 1 unspecified atom stereocenters. The van der Waals surface area contributed by atoms with E-state index >= 15 is 0 Å². The number of hydrogen-bond acceptors (Lipinski definition) is 3. The van der Waals surface area contributed by atoms with Crippen molar-refractivity contribution in [2.75, 3.05) is 46.3 Å². The van der Waals surface area contributed by atoms with Crippen LogP contribution in [0, 0.1) is 5.92 Å². The van der Waals surface area contributed by atoms with Gasteiger partial charge in [-0.25, -0.2) is 4.79 Å². The highest BCUT2D eigenvalue weighted by Gasteiger charge is 2.19. The molecule has 0 aromatic carbocycles. The second-order valence-corrected chi connectivity index (χ2v) is 4.32. The van der Waals surface area contributed by atoms with Crippen molar-refractivity contribution in [1.82, 2.24) is 15.1 Å². The molecule has 1 atom stereocenters. The zero-order valence-corrected chi connectivity index (χ0v) is 9.70. The van der Waals surface area contributed by atoms with E-state index in [-0.39, 0.29) is 6.03 Å². The molecule has 1 saturated heterocycles. The van der Waals surface area contributed by atoms with Crippen LogP contribution in [0.25, 0.3) is 0 Å². The van der Waals surface area contributed by atoms with Gasteiger partial charge in [0, 0.05) is 32.7 Å².